The molecule has 0 aliphatic rings. The van der Waals surface area contributed by atoms with Crippen LogP contribution in [0.15, 0.2) is 72.9 Å². The second-order valence-electron chi connectivity index (χ2n) is 17.2. The molecule has 0 fully saturated rings. The third-order valence-corrected chi connectivity index (χ3v) is 11.0. The smallest absolute Gasteiger partial charge is 0.306 e. The Bertz CT molecular complexity index is 1180. The molecule has 0 rings (SSSR count). The highest BCUT2D eigenvalue weighted by molar-refractivity contribution is 5.71. The molecule has 0 spiro atoms. The van der Waals surface area contributed by atoms with Gasteiger partial charge in [0.15, 0.2) is 6.10 Å². The Labute approximate surface area is 382 Å². The van der Waals surface area contributed by atoms with Gasteiger partial charge in [-0.3, -0.25) is 14.4 Å². The van der Waals surface area contributed by atoms with Crippen LogP contribution in [0.3, 0.4) is 0 Å². The molecule has 0 N–H and O–H groups in total. The second kappa shape index (κ2) is 50.5. The van der Waals surface area contributed by atoms with Gasteiger partial charge in [-0.25, -0.2) is 0 Å². The molecule has 0 aromatic rings. The lowest BCUT2D eigenvalue weighted by molar-refractivity contribution is -0.167. The molecule has 0 aromatic heterocycles. The number of hydrogen-bond acceptors (Lipinski definition) is 6. The highest BCUT2D eigenvalue weighted by atomic mass is 16.6. The lowest BCUT2D eigenvalue weighted by Crippen LogP contribution is -2.30. The third kappa shape index (κ3) is 47.9. The molecule has 6 nitrogen and oxygen atoms in total. The molecule has 0 saturated carbocycles. The van der Waals surface area contributed by atoms with Gasteiger partial charge in [-0.1, -0.05) is 222 Å². The zero-order valence-corrected chi connectivity index (χ0v) is 40.6. The molecule has 0 bridgehead atoms. The van der Waals surface area contributed by atoms with Crippen LogP contribution in [0.5, 0.6) is 0 Å². The lowest BCUT2D eigenvalue weighted by Gasteiger charge is -2.18. The second-order valence-corrected chi connectivity index (χ2v) is 17.2. The summed E-state index contributed by atoms with van der Waals surface area (Å²) in [5.74, 6) is -0.918. The molecule has 0 aliphatic heterocycles. The maximum absolute atomic E-state index is 12.8. The van der Waals surface area contributed by atoms with E-state index in [0.29, 0.717) is 19.3 Å². The van der Waals surface area contributed by atoms with E-state index in [2.05, 4.69) is 93.7 Å². The van der Waals surface area contributed by atoms with Crippen molar-refractivity contribution in [1.82, 2.24) is 0 Å². The molecule has 62 heavy (non-hydrogen) atoms. The van der Waals surface area contributed by atoms with Gasteiger partial charge in [-0.05, 0) is 77.0 Å². The van der Waals surface area contributed by atoms with Gasteiger partial charge in [0.1, 0.15) is 13.2 Å². The Morgan fingerprint density at radius 2 is 0.645 bits per heavy atom. The summed E-state index contributed by atoms with van der Waals surface area (Å²) in [4.78, 5) is 37.9. The average molecular weight is 865 g/mol. The first-order valence-corrected chi connectivity index (χ1v) is 26.0. The SMILES string of the molecule is CCCCC\C=C/C=C\C=C/C=C\CCCCCCCC(=O)OCC(COC(=O)CCCCCCCCCCC)OC(=O)CCCCCCCCC/C=C\C/C=C\CCCCC. The number of carbonyl (C=O) groups is 3. The first-order valence-electron chi connectivity index (χ1n) is 26.0. The van der Waals surface area contributed by atoms with Gasteiger partial charge < -0.3 is 14.2 Å². The predicted molar refractivity (Wildman–Crippen MR) is 265 cm³/mol. The topological polar surface area (TPSA) is 78.9 Å². The number of unbranched alkanes of at least 4 members (excludes halogenated alkanes) is 26. The summed E-state index contributed by atoms with van der Waals surface area (Å²) in [5, 5.41) is 0. The molecule has 1 unspecified atom stereocenters. The van der Waals surface area contributed by atoms with Crippen molar-refractivity contribution in [2.45, 2.75) is 252 Å². The van der Waals surface area contributed by atoms with E-state index < -0.39 is 6.10 Å². The van der Waals surface area contributed by atoms with Gasteiger partial charge in [-0.2, -0.15) is 0 Å². The van der Waals surface area contributed by atoms with Gasteiger partial charge in [-0.15, -0.1) is 0 Å². The molecular formula is C56H96O6. The number of rotatable bonds is 46. The summed E-state index contributed by atoms with van der Waals surface area (Å²) in [6.45, 7) is 6.53. The molecular weight excluding hydrogens is 769 g/mol. The van der Waals surface area contributed by atoms with E-state index in [1.807, 2.05) is 0 Å². The summed E-state index contributed by atoms with van der Waals surface area (Å²) in [5.41, 5.74) is 0. The number of carbonyl (C=O) groups excluding carboxylic acids is 3. The predicted octanol–water partition coefficient (Wildman–Crippen LogP) is 17.0. The Kier molecular flexibility index (Phi) is 47.9. The van der Waals surface area contributed by atoms with Crippen molar-refractivity contribution >= 4 is 17.9 Å². The van der Waals surface area contributed by atoms with Crippen LogP contribution in [0.1, 0.15) is 245 Å². The van der Waals surface area contributed by atoms with Crippen molar-refractivity contribution in [3.8, 4) is 0 Å². The number of esters is 3. The fourth-order valence-corrected chi connectivity index (χ4v) is 7.07. The molecule has 0 aliphatic carbocycles. The number of ether oxygens (including phenoxy) is 3. The molecule has 0 aromatic carbocycles. The molecule has 0 saturated heterocycles. The van der Waals surface area contributed by atoms with E-state index in [-0.39, 0.29) is 31.1 Å². The Balaban J connectivity index is 4.39. The van der Waals surface area contributed by atoms with Crippen LogP contribution >= 0.6 is 0 Å². The van der Waals surface area contributed by atoms with Crippen LogP contribution in [0, 0.1) is 0 Å². The Morgan fingerprint density at radius 1 is 0.339 bits per heavy atom. The molecule has 6 heteroatoms. The normalized spacial score (nSPS) is 12.6. The van der Waals surface area contributed by atoms with Crippen molar-refractivity contribution in [1.29, 1.82) is 0 Å². The van der Waals surface area contributed by atoms with Crippen molar-refractivity contribution in [2.75, 3.05) is 13.2 Å². The van der Waals surface area contributed by atoms with Crippen LogP contribution < -0.4 is 0 Å². The summed E-state index contributed by atoms with van der Waals surface area (Å²) in [7, 11) is 0. The monoisotopic (exact) mass is 865 g/mol. The zero-order valence-electron chi connectivity index (χ0n) is 40.6. The highest BCUT2D eigenvalue weighted by Crippen LogP contribution is 2.14. The quantitative estimate of drug-likeness (QED) is 0.0199. The maximum Gasteiger partial charge on any atom is 0.306 e. The van der Waals surface area contributed by atoms with Crippen LogP contribution in [0.2, 0.25) is 0 Å². The van der Waals surface area contributed by atoms with Gasteiger partial charge in [0.2, 0.25) is 0 Å². The van der Waals surface area contributed by atoms with E-state index in [1.165, 1.54) is 109 Å². The minimum Gasteiger partial charge on any atom is -0.462 e. The number of allylic oxidation sites excluding steroid dienone is 12. The highest BCUT2D eigenvalue weighted by Gasteiger charge is 2.19. The summed E-state index contributed by atoms with van der Waals surface area (Å²) >= 11 is 0. The fourth-order valence-electron chi connectivity index (χ4n) is 7.07. The molecule has 356 valence electrons. The van der Waals surface area contributed by atoms with Crippen molar-refractivity contribution in [3.05, 3.63) is 72.9 Å². The van der Waals surface area contributed by atoms with Crippen molar-refractivity contribution in [2.24, 2.45) is 0 Å². The Morgan fingerprint density at radius 3 is 1.06 bits per heavy atom. The zero-order chi connectivity index (χ0) is 45.1. The van der Waals surface area contributed by atoms with E-state index in [0.717, 1.165) is 96.3 Å². The van der Waals surface area contributed by atoms with E-state index >= 15 is 0 Å². The first-order chi connectivity index (χ1) is 30.5. The van der Waals surface area contributed by atoms with Crippen molar-refractivity contribution in [3.63, 3.8) is 0 Å². The van der Waals surface area contributed by atoms with Crippen LogP contribution in [0.25, 0.3) is 0 Å². The minimum absolute atomic E-state index is 0.0856. The molecule has 0 radical (unpaired) electrons. The minimum atomic E-state index is -0.787. The Hall–Kier alpha value is -3.15. The van der Waals surface area contributed by atoms with Crippen molar-refractivity contribution < 1.29 is 28.6 Å². The third-order valence-electron chi connectivity index (χ3n) is 11.0. The summed E-state index contributed by atoms with van der Waals surface area (Å²) in [6, 6.07) is 0. The van der Waals surface area contributed by atoms with Crippen LogP contribution in [-0.2, 0) is 28.6 Å². The average Bonchev–Trinajstić information content (AvgIpc) is 3.27. The van der Waals surface area contributed by atoms with Gasteiger partial charge in [0, 0.05) is 19.3 Å². The molecule has 0 heterocycles. The van der Waals surface area contributed by atoms with E-state index in [9.17, 15) is 14.4 Å². The number of hydrogen-bond donors (Lipinski definition) is 0. The molecule has 1 atom stereocenters. The standard InChI is InChI=1S/C56H96O6/c1-4-7-10-13-16-19-21-23-25-27-29-30-32-34-37-40-43-46-49-55(58)61-52-53(51-60-54(57)48-45-42-39-36-18-15-12-9-6-3)62-56(59)50-47-44-41-38-35-33-31-28-26-24-22-20-17-14-11-8-5-2/h16-17,19-21,23-27,29-30,53H,4-15,18,22,28,31-52H2,1-3H3/b19-16-,20-17-,23-21-,26-24-,27-25-,30-29-. The van der Waals surface area contributed by atoms with Gasteiger partial charge >= 0.3 is 17.9 Å². The van der Waals surface area contributed by atoms with Gasteiger partial charge in [0.25, 0.3) is 0 Å². The first kappa shape index (κ1) is 58.9. The summed E-state index contributed by atoms with van der Waals surface area (Å²) < 4.78 is 16.8. The molecule has 0 amide bonds. The van der Waals surface area contributed by atoms with Gasteiger partial charge in [0.05, 0.1) is 0 Å². The van der Waals surface area contributed by atoms with E-state index in [4.69, 9.17) is 14.2 Å². The fraction of sp³-hybridized carbons (Fsp3) is 0.732. The van der Waals surface area contributed by atoms with Crippen LogP contribution in [-0.4, -0.2) is 37.2 Å². The lowest BCUT2D eigenvalue weighted by atomic mass is 10.1. The van der Waals surface area contributed by atoms with E-state index in [1.54, 1.807) is 0 Å². The maximum atomic E-state index is 12.8. The summed E-state index contributed by atoms with van der Waals surface area (Å²) in [6.07, 6.45) is 63.1. The van der Waals surface area contributed by atoms with Crippen LogP contribution in [0.4, 0.5) is 0 Å². The largest absolute Gasteiger partial charge is 0.462 e.